The molecule has 9 heavy (non-hydrogen) atoms. The Labute approximate surface area is 56.7 Å². The standard InChI is InChI=1S/C8H13N/c1-9(2)8-6-4-3-5-7-8/h3-4,6H,5,7H2,1-2H3. The summed E-state index contributed by atoms with van der Waals surface area (Å²) >= 11 is 0. The Morgan fingerprint density at radius 1 is 1.44 bits per heavy atom. The first-order valence-corrected chi connectivity index (χ1v) is 3.34. The van der Waals surface area contributed by atoms with E-state index in [1.165, 1.54) is 18.5 Å². The molecule has 0 aromatic heterocycles. The topological polar surface area (TPSA) is 3.24 Å². The van der Waals surface area contributed by atoms with Crippen molar-refractivity contribution in [2.24, 2.45) is 0 Å². The molecule has 0 radical (unpaired) electrons. The molecule has 0 aromatic carbocycles. The van der Waals surface area contributed by atoms with Gasteiger partial charge in [-0.15, -0.1) is 0 Å². The maximum atomic E-state index is 2.20. The van der Waals surface area contributed by atoms with Gasteiger partial charge in [-0.3, -0.25) is 0 Å². The molecule has 1 rings (SSSR count). The molecule has 1 nitrogen and oxygen atoms in total. The lowest BCUT2D eigenvalue weighted by atomic mass is 10.1. The van der Waals surface area contributed by atoms with Gasteiger partial charge in [0.2, 0.25) is 0 Å². The van der Waals surface area contributed by atoms with Crippen molar-refractivity contribution < 1.29 is 0 Å². The third-order valence-electron chi connectivity index (χ3n) is 1.57. The third kappa shape index (κ3) is 1.60. The maximum absolute atomic E-state index is 2.20. The summed E-state index contributed by atoms with van der Waals surface area (Å²) in [6.07, 6.45) is 8.89. The molecule has 0 aliphatic heterocycles. The molecule has 0 spiro atoms. The van der Waals surface area contributed by atoms with E-state index in [2.05, 4.69) is 37.2 Å². The van der Waals surface area contributed by atoms with Crippen molar-refractivity contribution in [1.82, 2.24) is 4.90 Å². The van der Waals surface area contributed by atoms with Crippen LogP contribution in [0, 0.1) is 0 Å². The molecule has 1 aliphatic rings. The lowest BCUT2D eigenvalue weighted by Crippen LogP contribution is -2.11. The minimum atomic E-state index is 1.20. The predicted molar refractivity (Wildman–Crippen MR) is 40.1 cm³/mol. The molecule has 0 heterocycles. The highest BCUT2D eigenvalue weighted by atomic mass is 15.1. The molecule has 0 aromatic rings. The van der Waals surface area contributed by atoms with Crippen molar-refractivity contribution in [2.75, 3.05) is 14.1 Å². The van der Waals surface area contributed by atoms with E-state index in [4.69, 9.17) is 0 Å². The average molecular weight is 123 g/mol. The predicted octanol–water partition coefficient (Wildman–Crippen LogP) is 1.78. The van der Waals surface area contributed by atoms with Gasteiger partial charge in [-0.25, -0.2) is 0 Å². The van der Waals surface area contributed by atoms with Gasteiger partial charge in [-0.2, -0.15) is 0 Å². The van der Waals surface area contributed by atoms with Crippen LogP contribution in [0.5, 0.6) is 0 Å². The van der Waals surface area contributed by atoms with Crippen LogP contribution in [0.25, 0.3) is 0 Å². The molecule has 1 aliphatic carbocycles. The molecule has 0 saturated carbocycles. The van der Waals surface area contributed by atoms with Crippen LogP contribution >= 0.6 is 0 Å². The summed E-state index contributed by atoms with van der Waals surface area (Å²) in [6.45, 7) is 0. The van der Waals surface area contributed by atoms with E-state index in [0.29, 0.717) is 0 Å². The summed E-state index contributed by atoms with van der Waals surface area (Å²) in [5.41, 5.74) is 1.43. The molecule has 1 heteroatoms. The zero-order valence-electron chi connectivity index (χ0n) is 6.09. The molecule has 0 saturated heterocycles. The Morgan fingerprint density at radius 2 is 2.22 bits per heavy atom. The van der Waals surface area contributed by atoms with Gasteiger partial charge in [0.1, 0.15) is 0 Å². The maximum Gasteiger partial charge on any atom is 0.0130 e. The van der Waals surface area contributed by atoms with Crippen LogP contribution in [0.4, 0.5) is 0 Å². The van der Waals surface area contributed by atoms with Crippen molar-refractivity contribution in [2.45, 2.75) is 12.8 Å². The van der Waals surface area contributed by atoms with Gasteiger partial charge in [-0.1, -0.05) is 12.2 Å². The molecule has 0 unspecified atom stereocenters. The van der Waals surface area contributed by atoms with Gasteiger partial charge in [0.25, 0.3) is 0 Å². The number of hydrogen-bond donors (Lipinski definition) is 0. The van der Waals surface area contributed by atoms with Crippen molar-refractivity contribution >= 4 is 0 Å². The first kappa shape index (κ1) is 6.40. The number of allylic oxidation sites excluding steroid dienone is 4. The smallest absolute Gasteiger partial charge is 0.0130 e. The first-order chi connectivity index (χ1) is 4.30. The van der Waals surface area contributed by atoms with Crippen molar-refractivity contribution in [1.29, 1.82) is 0 Å². The van der Waals surface area contributed by atoms with Crippen LogP contribution in [0.1, 0.15) is 12.8 Å². The number of nitrogens with zero attached hydrogens (tertiary/aromatic N) is 1. The van der Waals surface area contributed by atoms with Crippen molar-refractivity contribution in [3.63, 3.8) is 0 Å². The highest BCUT2D eigenvalue weighted by molar-refractivity contribution is 5.15. The van der Waals surface area contributed by atoms with E-state index < -0.39 is 0 Å². The van der Waals surface area contributed by atoms with Crippen LogP contribution in [-0.4, -0.2) is 19.0 Å². The largest absolute Gasteiger partial charge is 0.381 e. The fourth-order valence-corrected chi connectivity index (χ4v) is 0.963. The zero-order valence-corrected chi connectivity index (χ0v) is 6.09. The van der Waals surface area contributed by atoms with Crippen LogP contribution < -0.4 is 0 Å². The summed E-state index contributed by atoms with van der Waals surface area (Å²) in [5, 5.41) is 0. The van der Waals surface area contributed by atoms with Gasteiger partial charge in [0, 0.05) is 19.8 Å². The number of rotatable bonds is 1. The van der Waals surface area contributed by atoms with Gasteiger partial charge in [0.15, 0.2) is 0 Å². The molecule has 0 fully saturated rings. The molecule has 0 atom stereocenters. The Bertz CT molecular complexity index is 143. The monoisotopic (exact) mass is 123 g/mol. The summed E-state index contributed by atoms with van der Waals surface area (Å²) in [5.74, 6) is 0. The number of hydrogen-bond acceptors (Lipinski definition) is 1. The van der Waals surface area contributed by atoms with Gasteiger partial charge >= 0.3 is 0 Å². The first-order valence-electron chi connectivity index (χ1n) is 3.34. The Kier molecular flexibility index (Phi) is 1.93. The normalized spacial score (nSPS) is 17.3. The van der Waals surface area contributed by atoms with Gasteiger partial charge in [-0.05, 0) is 18.9 Å². The van der Waals surface area contributed by atoms with E-state index in [-0.39, 0.29) is 0 Å². The van der Waals surface area contributed by atoms with Crippen LogP contribution in [0.15, 0.2) is 23.9 Å². The fraction of sp³-hybridized carbons (Fsp3) is 0.500. The highest BCUT2D eigenvalue weighted by Gasteiger charge is 1.98. The lowest BCUT2D eigenvalue weighted by molar-refractivity contribution is 0.486. The van der Waals surface area contributed by atoms with Gasteiger partial charge < -0.3 is 4.90 Å². The quantitative estimate of drug-likeness (QED) is 0.513. The second-order valence-electron chi connectivity index (χ2n) is 2.52. The Morgan fingerprint density at radius 3 is 2.56 bits per heavy atom. The molecule has 50 valence electrons. The summed E-state index contributed by atoms with van der Waals surface area (Å²) in [4.78, 5) is 2.17. The van der Waals surface area contributed by atoms with E-state index in [1.807, 2.05) is 0 Å². The SMILES string of the molecule is CN(C)C1=CC=CCC1. The van der Waals surface area contributed by atoms with Crippen LogP contribution in [0.2, 0.25) is 0 Å². The fourth-order valence-electron chi connectivity index (χ4n) is 0.963. The van der Waals surface area contributed by atoms with Crippen molar-refractivity contribution in [3.8, 4) is 0 Å². The van der Waals surface area contributed by atoms with Crippen LogP contribution in [0.3, 0.4) is 0 Å². The molecular weight excluding hydrogens is 110 g/mol. The second-order valence-corrected chi connectivity index (χ2v) is 2.52. The summed E-state index contributed by atoms with van der Waals surface area (Å²) < 4.78 is 0. The van der Waals surface area contributed by atoms with Gasteiger partial charge in [0.05, 0.1) is 0 Å². The minimum absolute atomic E-state index is 1.20. The molecule has 0 bridgehead atoms. The second kappa shape index (κ2) is 2.72. The molecular formula is C8H13N. The Hall–Kier alpha value is -0.720. The Balaban J connectivity index is 2.57. The van der Waals surface area contributed by atoms with E-state index >= 15 is 0 Å². The van der Waals surface area contributed by atoms with Crippen LogP contribution in [-0.2, 0) is 0 Å². The highest BCUT2D eigenvalue weighted by Crippen LogP contribution is 2.12. The summed E-state index contributed by atoms with van der Waals surface area (Å²) in [6, 6.07) is 0. The van der Waals surface area contributed by atoms with E-state index in [9.17, 15) is 0 Å². The van der Waals surface area contributed by atoms with E-state index in [1.54, 1.807) is 0 Å². The third-order valence-corrected chi connectivity index (χ3v) is 1.57. The lowest BCUT2D eigenvalue weighted by Gasteiger charge is -2.17. The van der Waals surface area contributed by atoms with Crippen molar-refractivity contribution in [3.05, 3.63) is 23.9 Å². The zero-order chi connectivity index (χ0) is 6.69. The minimum Gasteiger partial charge on any atom is -0.381 e. The van der Waals surface area contributed by atoms with E-state index in [0.717, 1.165) is 0 Å². The molecule has 0 N–H and O–H groups in total. The average Bonchev–Trinajstić information content (AvgIpc) is 1.90. The molecule has 0 amide bonds. The summed E-state index contributed by atoms with van der Waals surface area (Å²) in [7, 11) is 4.18.